The van der Waals surface area contributed by atoms with Gasteiger partial charge in [-0.3, -0.25) is 4.79 Å². The largest absolute Gasteiger partial charge is 0.341 e. The van der Waals surface area contributed by atoms with Crippen molar-refractivity contribution in [1.29, 1.82) is 0 Å². The quantitative estimate of drug-likeness (QED) is 0.764. The zero-order chi connectivity index (χ0) is 18.1. The Labute approximate surface area is 148 Å². The van der Waals surface area contributed by atoms with E-state index in [9.17, 15) is 9.59 Å². The number of hydrogen-bond donors (Lipinski definition) is 2. The van der Waals surface area contributed by atoms with E-state index >= 15 is 0 Å². The van der Waals surface area contributed by atoms with Crippen LogP contribution in [0.5, 0.6) is 0 Å². The van der Waals surface area contributed by atoms with Crippen LogP contribution in [0, 0.1) is 0 Å². The highest BCUT2D eigenvalue weighted by molar-refractivity contribution is 5.78. The van der Waals surface area contributed by atoms with Crippen molar-refractivity contribution in [3.05, 3.63) is 54.6 Å². The second-order valence-electron chi connectivity index (χ2n) is 6.05. The van der Waals surface area contributed by atoms with Gasteiger partial charge in [0.15, 0.2) is 0 Å². The molecule has 0 spiro atoms. The number of carbonyl (C=O) groups excluding carboxylic acids is 2. The molecule has 1 aromatic carbocycles. The first kappa shape index (κ1) is 18.5. The van der Waals surface area contributed by atoms with Crippen molar-refractivity contribution in [2.24, 2.45) is 0 Å². The van der Waals surface area contributed by atoms with Gasteiger partial charge in [0.1, 0.15) is 0 Å². The topological polar surface area (TPSA) is 79.3 Å². The molecule has 2 N–H and O–H groups in total. The molecule has 3 amide bonds. The van der Waals surface area contributed by atoms with Gasteiger partial charge in [-0.2, -0.15) is 0 Å². The van der Waals surface area contributed by atoms with Crippen molar-refractivity contribution >= 4 is 11.9 Å². The predicted molar refractivity (Wildman–Crippen MR) is 95.8 cm³/mol. The van der Waals surface area contributed by atoms with Crippen molar-refractivity contribution in [2.45, 2.75) is 32.5 Å². The Morgan fingerprint density at radius 2 is 2.04 bits per heavy atom. The summed E-state index contributed by atoms with van der Waals surface area (Å²) in [5.41, 5.74) is 1.08. The first-order chi connectivity index (χ1) is 12.0. The highest BCUT2D eigenvalue weighted by Gasteiger charge is 2.11. The molecule has 7 nitrogen and oxygen atoms in total. The molecule has 0 saturated carbocycles. The van der Waals surface area contributed by atoms with Gasteiger partial charge in [0.05, 0.1) is 6.33 Å². The van der Waals surface area contributed by atoms with Crippen LogP contribution in [0.4, 0.5) is 4.79 Å². The summed E-state index contributed by atoms with van der Waals surface area (Å²) in [4.78, 5) is 29.6. The van der Waals surface area contributed by atoms with E-state index in [1.165, 1.54) is 0 Å². The van der Waals surface area contributed by atoms with Crippen LogP contribution in [0.25, 0.3) is 0 Å². The highest BCUT2D eigenvalue weighted by atomic mass is 16.2. The predicted octanol–water partition coefficient (Wildman–Crippen LogP) is 1.62. The van der Waals surface area contributed by atoms with E-state index in [2.05, 4.69) is 15.6 Å². The molecule has 0 saturated heterocycles. The molecular weight excluding hydrogens is 318 g/mol. The van der Waals surface area contributed by atoms with Gasteiger partial charge in [0.25, 0.3) is 0 Å². The van der Waals surface area contributed by atoms with Gasteiger partial charge < -0.3 is 20.1 Å². The van der Waals surface area contributed by atoms with E-state index in [0.29, 0.717) is 19.6 Å². The van der Waals surface area contributed by atoms with E-state index in [4.69, 9.17) is 0 Å². The number of rotatable bonds is 8. The number of nitrogens with one attached hydrogen (secondary N) is 2. The summed E-state index contributed by atoms with van der Waals surface area (Å²) in [6.07, 6.45) is 5.52. The standard InChI is InChI=1S/C18H25N5O2/c1-15(12-23-11-10-19-14-23)21-18(25)20-9-8-17(24)22(2)13-16-6-4-3-5-7-16/h3-7,10-11,14-15H,8-9,12-13H2,1-2H3,(H2,20,21,25). The van der Waals surface area contributed by atoms with Gasteiger partial charge in [-0.15, -0.1) is 0 Å². The van der Waals surface area contributed by atoms with Crippen molar-refractivity contribution in [2.75, 3.05) is 13.6 Å². The van der Waals surface area contributed by atoms with Crippen LogP contribution >= 0.6 is 0 Å². The van der Waals surface area contributed by atoms with Crippen LogP contribution in [-0.2, 0) is 17.9 Å². The lowest BCUT2D eigenvalue weighted by Gasteiger charge is -2.18. The maximum atomic E-state index is 12.1. The maximum Gasteiger partial charge on any atom is 0.315 e. The second kappa shape index (κ2) is 9.46. The lowest BCUT2D eigenvalue weighted by molar-refractivity contribution is -0.130. The van der Waals surface area contributed by atoms with Crippen LogP contribution < -0.4 is 10.6 Å². The third-order valence-corrected chi connectivity index (χ3v) is 3.73. The molecule has 25 heavy (non-hydrogen) atoms. The van der Waals surface area contributed by atoms with Crippen molar-refractivity contribution < 1.29 is 9.59 Å². The fourth-order valence-corrected chi connectivity index (χ4v) is 2.45. The summed E-state index contributed by atoms with van der Waals surface area (Å²) in [6.45, 7) is 3.43. The van der Waals surface area contributed by atoms with Gasteiger partial charge >= 0.3 is 6.03 Å². The van der Waals surface area contributed by atoms with E-state index < -0.39 is 0 Å². The Hall–Kier alpha value is -2.83. The number of urea groups is 1. The SMILES string of the molecule is CC(Cn1ccnc1)NC(=O)NCCC(=O)N(C)Cc1ccccc1. The number of benzene rings is 1. The van der Waals surface area contributed by atoms with Gasteiger partial charge in [-0.1, -0.05) is 30.3 Å². The number of hydrogen-bond acceptors (Lipinski definition) is 3. The molecule has 7 heteroatoms. The average molecular weight is 343 g/mol. The number of amides is 3. The number of nitrogens with zero attached hydrogens (tertiary/aromatic N) is 3. The molecule has 1 unspecified atom stereocenters. The minimum atomic E-state index is -0.272. The first-order valence-corrected chi connectivity index (χ1v) is 8.32. The third kappa shape index (κ3) is 6.66. The molecule has 0 radical (unpaired) electrons. The highest BCUT2D eigenvalue weighted by Crippen LogP contribution is 2.03. The number of imidazole rings is 1. The van der Waals surface area contributed by atoms with Crippen LogP contribution in [-0.4, -0.2) is 46.0 Å². The maximum absolute atomic E-state index is 12.1. The molecule has 134 valence electrons. The molecule has 0 aliphatic heterocycles. The molecular formula is C18H25N5O2. The third-order valence-electron chi connectivity index (χ3n) is 3.73. The Kier molecular flexibility index (Phi) is 7.00. The van der Waals surface area contributed by atoms with Crippen molar-refractivity contribution in [1.82, 2.24) is 25.1 Å². The Morgan fingerprint density at radius 1 is 1.28 bits per heavy atom. The summed E-state index contributed by atoms with van der Waals surface area (Å²) < 4.78 is 1.90. The molecule has 1 heterocycles. The summed E-state index contributed by atoms with van der Waals surface area (Å²) in [7, 11) is 1.77. The minimum absolute atomic E-state index is 0.00406. The van der Waals surface area contributed by atoms with E-state index in [-0.39, 0.29) is 24.4 Å². The lowest BCUT2D eigenvalue weighted by atomic mass is 10.2. The summed E-state index contributed by atoms with van der Waals surface area (Å²) in [5.74, 6) is -0.00406. The van der Waals surface area contributed by atoms with E-state index in [0.717, 1.165) is 5.56 Å². The summed E-state index contributed by atoms with van der Waals surface area (Å²) >= 11 is 0. The number of aromatic nitrogens is 2. The molecule has 0 fully saturated rings. The van der Waals surface area contributed by atoms with Crippen molar-refractivity contribution in [3.8, 4) is 0 Å². The monoisotopic (exact) mass is 343 g/mol. The van der Waals surface area contributed by atoms with Gasteiger partial charge in [-0.25, -0.2) is 9.78 Å². The normalized spacial score (nSPS) is 11.6. The zero-order valence-electron chi connectivity index (χ0n) is 14.7. The smallest absolute Gasteiger partial charge is 0.315 e. The zero-order valence-corrected chi connectivity index (χ0v) is 14.7. The average Bonchev–Trinajstić information content (AvgIpc) is 3.08. The molecule has 0 bridgehead atoms. The van der Waals surface area contributed by atoms with Gasteiger partial charge in [0, 0.05) is 51.5 Å². The van der Waals surface area contributed by atoms with Gasteiger partial charge in [-0.05, 0) is 12.5 Å². The second-order valence-corrected chi connectivity index (χ2v) is 6.05. The molecule has 0 aliphatic rings. The molecule has 2 aromatic rings. The summed E-state index contributed by atoms with van der Waals surface area (Å²) in [6, 6.07) is 9.50. The fraction of sp³-hybridized carbons (Fsp3) is 0.389. The lowest BCUT2D eigenvalue weighted by Crippen LogP contribution is -2.43. The fourth-order valence-electron chi connectivity index (χ4n) is 2.45. The van der Waals surface area contributed by atoms with E-state index in [1.54, 1.807) is 24.5 Å². The van der Waals surface area contributed by atoms with Crippen molar-refractivity contribution in [3.63, 3.8) is 0 Å². The van der Waals surface area contributed by atoms with Crippen LogP contribution in [0.2, 0.25) is 0 Å². The first-order valence-electron chi connectivity index (χ1n) is 8.32. The molecule has 0 aliphatic carbocycles. The Bertz CT molecular complexity index is 657. The molecule has 2 rings (SSSR count). The van der Waals surface area contributed by atoms with Crippen LogP contribution in [0.15, 0.2) is 49.1 Å². The van der Waals surface area contributed by atoms with Crippen LogP contribution in [0.1, 0.15) is 18.9 Å². The van der Waals surface area contributed by atoms with Gasteiger partial charge in [0.2, 0.25) is 5.91 Å². The van der Waals surface area contributed by atoms with Crippen LogP contribution in [0.3, 0.4) is 0 Å². The Balaban J connectivity index is 1.63. The minimum Gasteiger partial charge on any atom is -0.341 e. The number of carbonyl (C=O) groups is 2. The molecule has 1 aromatic heterocycles. The van der Waals surface area contributed by atoms with E-state index in [1.807, 2.05) is 48.0 Å². The Morgan fingerprint density at radius 3 is 2.72 bits per heavy atom. The molecule has 1 atom stereocenters. The summed E-state index contributed by atoms with van der Waals surface area (Å²) in [5, 5.41) is 5.56.